The Morgan fingerprint density at radius 2 is 1.16 bits per heavy atom. The lowest BCUT2D eigenvalue weighted by atomic mass is 9.33. The van der Waals surface area contributed by atoms with Crippen LogP contribution in [0.3, 0.4) is 0 Å². The summed E-state index contributed by atoms with van der Waals surface area (Å²) in [6.07, 6.45) is 1.89. The van der Waals surface area contributed by atoms with E-state index in [-0.39, 0.29) is 12.1 Å². The molecule has 79 heavy (non-hydrogen) atoms. The van der Waals surface area contributed by atoms with Gasteiger partial charge < -0.3 is 23.2 Å². The lowest BCUT2D eigenvalue weighted by Gasteiger charge is -2.45. The van der Waals surface area contributed by atoms with Crippen molar-refractivity contribution in [3.8, 4) is 16.8 Å². The van der Waals surface area contributed by atoms with Crippen molar-refractivity contribution in [1.82, 2.24) is 4.57 Å². The summed E-state index contributed by atoms with van der Waals surface area (Å²) in [6, 6.07) is 73.5. The Bertz CT molecular complexity index is 4830. The molecule has 378 valence electrons. The third-order valence-corrected chi connectivity index (χ3v) is 16.9. The zero-order chi connectivity index (χ0) is 53.6. The van der Waals surface area contributed by atoms with Crippen molar-refractivity contribution in [2.24, 2.45) is 0 Å². The molecule has 2 aliphatic heterocycles. The summed E-state index contributed by atoms with van der Waals surface area (Å²) in [5.74, 6) is 0. The third kappa shape index (κ3) is 6.96. The number of allylic oxidation sites excluding steroid dienone is 1. The van der Waals surface area contributed by atoms with Crippen molar-refractivity contribution in [3.63, 3.8) is 0 Å². The van der Waals surface area contributed by atoms with Gasteiger partial charge >= 0.3 is 0 Å². The summed E-state index contributed by atoms with van der Waals surface area (Å²) in [5.41, 5.74) is 26.5. The largest absolute Gasteiger partial charge is 0.455 e. The standard InChI is InChI=1S/C73H56BN3O2/c1-9-52(71-46(5)53-22-14-17-28-67(53)78-71)47-30-33-51(34-31-47)76-64-42-63-58(55-23-13-16-27-61(55)75(63)50-20-11-10-12-21-50)41-60(64)74-59-40-49(73(6,7)8)32-35-62(59)77(66-37-43(2)36-65(76)69(66)74)70-44(3)38-48(39-45(70)4)54-25-19-26-57-56-24-15-18-29-68(56)79-72(54)57/h9-42H,1,5H2,2-4,6-8H3/b71-52-. The quantitative estimate of drug-likeness (QED) is 0.156. The van der Waals surface area contributed by atoms with E-state index in [0.29, 0.717) is 0 Å². The van der Waals surface area contributed by atoms with Crippen LogP contribution in [-0.2, 0) is 5.41 Å². The van der Waals surface area contributed by atoms with Crippen molar-refractivity contribution in [2.75, 3.05) is 9.80 Å². The molecule has 0 saturated heterocycles. The SMILES string of the molecule is C=C/C(c1ccc(N2c3cc4c(cc3B3c5cc(C(C)(C)C)ccc5N(c5c(C)cc(-c6cccc7c6oc6ccccc67)cc5C)c5cc(C)cc2c53)c2ccccc2n4-c2ccccc2)cc1)=c1/oc2ccccc2c1=C. The van der Waals surface area contributed by atoms with Gasteiger partial charge in [-0.3, -0.25) is 0 Å². The lowest BCUT2D eigenvalue weighted by Crippen LogP contribution is -2.61. The summed E-state index contributed by atoms with van der Waals surface area (Å²) in [6.45, 7) is 22.5. The van der Waals surface area contributed by atoms with Gasteiger partial charge in [0, 0.05) is 77.4 Å². The van der Waals surface area contributed by atoms with E-state index in [4.69, 9.17) is 8.83 Å². The molecule has 5 nitrogen and oxygen atoms in total. The van der Waals surface area contributed by atoms with Crippen LogP contribution in [0.25, 0.3) is 83.7 Å². The van der Waals surface area contributed by atoms with Crippen LogP contribution in [0, 0.1) is 20.8 Å². The maximum atomic E-state index is 6.63. The predicted molar refractivity (Wildman–Crippen MR) is 334 cm³/mol. The fourth-order valence-electron chi connectivity index (χ4n) is 13.3. The second kappa shape index (κ2) is 17.2. The first-order chi connectivity index (χ1) is 38.4. The summed E-state index contributed by atoms with van der Waals surface area (Å²) in [7, 11) is 0. The number of fused-ring (bicyclic) bond motifs is 11. The third-order valence-electron chi connectivity index (χ3n) is 16.9. The van der Waals surface area contributed by atoms with Gasteiger partial charge in [-0.25, -0.2) is 0 Å². The van der Waals surface area contributed by atoms with Crippen molar-refractivity contribution in [1.29, 1.82) is 0 Å². The predicted octanol–water partition coefficient (Wildman–Crippen LogP) is 16.2. The minimum atomic E-state index is -0.0992. The van der Waals surface area contributed by atoms with E-state index in [1.807, 2.05) is 30.3 Å². The van der Waals surface area contributed by atoms with E-state index >= 15 is 0 Å². The number of hydrogen-bond acceptors (Lipinski definition) is 4. The first-order valence-electron chi connectivity index (χ1n) is 27.4. The van der Waals surface area contributed by atoms with Crippen molar-refractivity contribution < 1.29 is 8.83 Å². The number of anilines is 6. The maximum Gasteiger partial charge on any atom is 0.252 e. The number of para-hydroxylation sites is 5. The number of nitrogens with zero attached hydrogens (tertiary/aromatic N) is 3. The fraction of sp³-hybridized carbons (Fsp3) is 0.0959. The maximum absolute atomic E-state index is 6.63. The zero-order valence-corrected chi connectivity index (χ0v) is 45.3. The van der Waals surface area contributed by atoms with Gasteiger partial charge in [-0.15, -0.1) is 0 Å². The molecule has 6 heteroatoms. The summed E-state index contributed by atoms with van der Waals surface area (Å²) >= 11 is 0. The molecule has 13 aromatic rings. The van der Waals surface area contributed by atoms with E-state index in [0.717, 1.165) is 94.1 Å². The van der Waals surface area contributed by atoms with Gasteiger partial charge in [0.15, 0.2) is 0 Å². The van der Waals surface area contributed by atoms with E-state index in [1.54, 1.807) is 0 Å². The first-order valence-corrected chi connectivity index (χ1v) is 27.4. The number of furan rings is 2. The molecule has 0 unspecified atom stereocenters. The van der Waals surface area contributed by atoms with E-state index < -0.39 is 0 Å². The second-order valence-electron chi connectivity index (χ2n) is 22.8. The molecule has 0 spiro atoms. The number of benzene rings is 10. The molecule has 2 aliphatic rings. The normalized spacial score (nSPS) is 13.4. The molecule has 0 amide bonds. The van der Waals surface area contributed by atoms with Crippen molar-refractivity contribution >= 4 is 124 Å². The van der Waals surface area contributed by atoms with Crippen molar-refractivity contribution in [3.05, 3.63) is 251 Å². The highest BCUT2D eigenvalue weighted by atomic mass is 16.3. The number of rotatable bonds is 6. The topological polar surface area (TPSA) is 37.7 Å². The minimum Gasteiger partial charge on any atom is -0.455 e. The molecule has 0 N–H and O–H groups in total. The number of hydrogen-bond donors (Lipinski definition) is 0. The molecule has 15 rings (SSSR count). The highest BCUT2D eigenvalue weighted by molar-refractivity contribution is 7.00. The van der Waals surface area contributed by atoms with Crippen LogP contribution in [0.15, 0.2) is 222 Å². The van der Waals surface area contributed by atoms with Crippen LogP contribution in [0.5, 0.6) is 0 Å². The van der Waals surface area contributed by atoms with Gasteiger partial charge in [-0.05, 0) is 155 Å². The van der Waals surface area contributed by atoms with Crippen LogP contribution >= 0.6 is 0 Å². The number of aryl methyl sites for hydroxylation is 3. The molecule has 0 radical (unpaired) electrons. The van der Waals surface area contributed by atoms with Gasteiger partial charge in [-0.2, -0.15) is 0 Å². The monoisotopic (exact) mass is 1020 g/mol. The highest BCUT2D eigenvalue weighted by Gasteiger charge is 2.45. The summed E-state index contributed by atoms with van der Waals surface area (Å²) < 4.78 is 15.6. The Labute approximate surface area is 460 Å². The van der Waals surface area contributed by atoms with Gasteiger partial charge in [-0.1, -0.05) is 161 Å². The molecule has 0 atom stereocenters. The summed E-state index contributed by atoms with van der Waals surface area (Å²) in [5, 5.41) is 6.57. The van der Waals surface area contributed by atoms with Gasteiger partial charge in [0.05, 0.1) is 16.7 Å². The Balaban J connectivity index is 0.999. The molecule has 10 aromatic carbocycles. The van der Waals surface area contributed by atoms with Crippen LogP contribution in [-0.4, -0.2) is 11.3 Å². The molecule has 0 saturated carbocycles. The lowest BCUT2D eigenvalue weighted by molar-refractivity contribution is 0.573. The van der Waals surface area contributed by atoms with Crippen LogP contribution in [0.2, 0.25) is 0 Å². The molecule has 0 fully saturated rings. The zero-order valence-electron chi connectivity index (χ0n) is 45.3. The smallest absolute Gasteiger partial charge is 0.252 e. The van der Waals surface area contributed by atoms with E-state index in [1.165, 1.54) is 72.0 Å². The molecular formula is C73H56BN3O2. The Kier molecular flexibility index (Phi) is 10.2. The molecule has 3 aromatic heterocycles. The van der Waals surface area contributed by atoms with Crippen LogP contribution in [0.4, 0.5) is 34.1 Å². The highest BCUT2D eigenvalue weighted by Crippen LogP contribution is 2.49. The Hall–Kier alpha value is -9.52. The molecule has 0 bridgehead atoms. The second-order valence-corrected chi connectivity index (χ2v) is 22.8. The van der Waals surface area contributed by atoms with Crippen LogP contribution < -0.4 is 36.8 Å². The van der Waals surface area contributed by atoms with E-state index in [2.05, 4.69) is 245 Å². The van der Waals surface area contributed by atoms with Crippen LogP contribution in [0.1, 0.15) is 48.6 Å². The van der Waals surface area contributed by atoms with Crippen molar-refractivity contribution in [2.45, 2.75) is 47.0 Å². The Morgan fingerprint density at radius 3 is 1.89 bits per heavy atom. The molecule has 5 heterocycles. The minimum absolute atomic E-state index is 0.0947. The molecule has 0 aliphatic carbocycles. The molecular weight excluding hydrogens is 962 g/mol. The van der Waals surface area contributed by atoms with E-state index in [9.17, 15) is 0 Å². The fourth-order valence-corrected chi connectivity index (χ4v) is 13.3. The number of aromatic nitrogens is 1. The van der Waals surface area contributed by atoms with Gasteiger partial charge in [0.2, 0.25) is 0 Å². The first kappa shape index (κ1) is 46.8. The van der Waals surface area contributed by atoms with Gasteiger partial charge in [0.1, 0.15) is 22.2 Å². The average Bonchev–Trinajstić information content (AvgIpc) is 4.26. The summed E-state index contributed by atoms with van der Waals surface area (Å²) in [4.78, 5) is 5.12. The average molecular weight is 1020 g/mol. The Morgan fingerprint density at radius 1 is 0.519 bits per heavy atom. The van der Waals surface area contributed by atoms with Gasteiger partial charge in [0.25, 0.3) is 6.71 Å².